The van der Waals surface area contributed by atoms with Crippen molar-refractivity contribution >= 4 is 0 Å². The lowest BCUT2D eigenvalue weighted by molar-refractivity contribution is -0.237. The fraction of sp³-hybridized carbons (Fsp3) is 1.00. The normalized spacial score (nSPS) is 42.7. The van der Waals surface area contributed by atoms with Gasteiger partial charge in [-0.1, -0.05) is 41.5 Å². The first-order valence-electron chi connectivity index (χ1n) is 9.65. The van der Waals surface area contributed by atoms with E-state index in [1.807, 2.05) is 0 Å². The molecule has 0 aromatic carbocycles. The van der Waals surface area contributed by atoms with E-state index >= 15 is 0 Å². The molecule has 0 amide bonds. The summed E-state index contributed by atoms with van der Waals surface area (Å²) in [4.78, 5) is 0. The van der Waals surface area contributed by atoms with Gasteiger partial charge in [-0.3, -0.25) is 0 Å². The highest BCUT2D eigenvalue weighted by atomic mass is 16.5. The predicted molar refractivity (Wildman–Crippen MR) is 93.9 cm³/mol. The Labute approximate surface area is 138 Å². The molecule has 0 aliphatic heterocycles. The highest BCUT2D eigenvalue weighted by molar-refractivity contribution is 5.06. The van der Waals surface area contributed by atoms with Crippen molar-refractivity contribution in [2.45, 2.75) is 98.7 Å². The van der Waals surface area contributed by atoms with Crippen LogP contribution in [0.25, 0.3) is 0 Å². The molecule has 0 saturated heterocycles. The Morgan fingerprint density at radius 1 is 0.864 bits per heavy atom. The van der Waals surface area contributed by atoms with Crippen molar-refractivity contribution in [1.82, 2.24) is 0 Å². The molecule has 0 heterocycles. The smallest absolute Gasteiger partial charge is 0.0714 e. The van der Waals surface area contributed by atoms with Gasteiger partial charge in [0.2, 0.25) is 0 Å². The summed E-state index contributed by atoms with van der Waals surface area (Å²) in [6, 6.07) is 0. The van der Waals surface area contributed by atoms with Gasteiger partial charge in [0.1, 0.15) is 0 Å². The van der Waals surface area contributed by atoms with Gasteiger partial charge in [-0.05, 0) is 80.0 Å². The van der Waals surface area contributed by atoms with Crippen molar-refractivity contribution in [2.75, 3.05) is 0 Å². The molecule has 1 atom stereocenters. The number of rotatable bonds is 3. The maximum absolute atomic E-state index is 7.06. The van der Waals surface area contributed by atoms with Gasteiger partial charge in [-0.15, -0.1) is 0 Å². The molecular formula is C21H38O. The zero-order valence-electron chi connectivity index (χ0n) is 16.0. The van der Waals surface area contributed by atoms with E-state index in [1.165, 1.54) is 38.5 Å². The Bertz CT molecular complexity index is 381. The lowest BCUT2D eigenvalue weighted by Crippen LogP contribution is -2.59. The largest absolute Gasteiger partial charge is 0.371 e. The summed E-state index contributed by atoms with van der Waals surface area (Å²) in [6.45, 7) is 16.6. The standard InChI is InChI=1S/C21H38O/c1-19(2,3)13-18(20(4,5)6)22-21(7)16-9-14-8-15(11-16)12-17(21)10-14/h14-18H,8-13H2,1-7H3. The lowest BCUT2D eigenvalue weighted by Gasteiger charge is -2.61. The topological polar surface area (TPSA) is 9.23 Å². The van der Waals surface area contributed by atoms with Gasteiger partial charge in [0.25, 0.3) is 0 Å². The molecule has 4 bridgehead atoms. The SMILES string of the molecule is CC(C)(C)CC(OC1(C)C2CC3CC(C2)CC1C3)C(C)(C)C. The zero-order valence-corrected chi connectivity index (χ0v) is 16.0. The van der Waals surface area contributed by atoms with Gasteiger partial charge in [-0.25, -0.2) is 0 Å². The van der Waals surface area contributed by atoms with Crippen LogP contribution in [0.4, 0.5) is 0 Å². The first-order valence-corrected chi connectivity index (χ1v) is 9.65. The van der Waals surface area contributed by atoms with Crippen LogP contribution in [-0.2, 0) is 4.74 Å². The minimum Gasteiger partial charge on any atom is -0.371 e. The highest BCUT2D eigenvalue weighted by Gasteiger charge is 2.56. The molecule has 4 saturated carbocycles. The quantitative estimate of drug-likeness (QED) is 0.615. The third kappa shape index (κ3) is 3.12. The highest BCUT2D eigenvalue weighted by Crippen LogP contribution is 2.60. The third-order valence-electron chi connectivity index (χ3n) is 6.92. The van der Waals surface area contributed by atoms with E-state index in [0.29, 0.717) is 11.5 Å². The van der Waals surface area contributed by atoms with E-state index in [9.17, 15) is 0 Å². The maximum atomic E-state index is 7.06. The van der Waals surface area contributed by atoms with Crippen molar-refractivity contribution in [3.63, 3.8) is 0 Å². The second-order valence-corrected chi connectivity index (χ2v) is 11.2. The van der Waals surface area contributed by atoms with Crippen LogP contribution < -0.4 is 0 Å². The first kappa shape index (κ1) is 16.8. The van der Waals surface area contributed by atoms with Crippen molar-refractivity contribution in [3.05, 3.63) is 0 Å². The predicted octanol–water partition coefficient (Wildman–Crippen LogP) is 6.07. The molecular weight excluding hydrogens is 268 g/mol. The number of hydrogen-bond donors (Lipinski definition) is 0. The summed E-state index contributed by atoms with van der Waals surface area (Å²) in [7, 11) is 0. The Morgan fingerprint density at radius 2 is 1.32 bits per heavy atom. The first-order chi connectivity index (χ1) is 9.97. The van der Waals surface area contributed by atoms with E-state index in [4.69, 9.17) is 4.74 Å². The monoisotopic (exact) mass is 306 g/mol. The van der Waals surface area contributed by atoms with Crippen LogP contribution in [0.15, 0.2) is 0 Å². The molecule has 0 spiro atoms. The zero-order chi connectivity index (χ0) is 16.3. The van der Waals surface area contributed by atoms with E-state index in [-0.39, 0.29) is 11.0 Å². The van der Waals surface area contributed by atoms with E-state index < -0.39 is 0 Å². The van der Waals surface area contributed by atoms with Crippen LogP contribution in [0.1, 0.15) is 87.0 Å². The molecule has 0 aromatic rings. The number of ether oxygens (including phenoxy) is 1. The van der Waals surface area contributed by atoms with Crippen molar-refractivity contribution in [2.24, 2.45) is 34.5 Å². The van der Waals surface area contributed by atoms with Crippen LogP contribution in [0.2, 0.25) is 0 Å². The molecule has 22 heavy (non-hydrogen) atoms. The van der Waals surface area contributed by atoms with Crippen molar-refractivity contribution in [1.29, 1.82) is 0 Å². The Hall–Kier alpha value is -0.0400. The summed E-state index contributed by atoms with van der Waals surface area (Å²) in [6.07, 6.45) is 8.82. The summed E-state index contributed by atoms with van der Waals surface area (Å²) in [5.74, 6) is 3.70. The van der Waals surface area contributed by atoms with Gasteiger partial charge in [0.05, 0.1) is 11.7 Å². The third-order valence-corrected chi connectivity index (χ3v) is 6.92. The Balaban J connectivity index is 1.79. The Morgan fingerprint density at radius 3 is 1.68 bits per heavy atom. The van der Waals surface area contributed by atoms with Crippen LogP contribution in [-0.4, -0.2) is 11.7 Å². The van der Waals surface area contributed by atoms with Gasteiger partial charge < -0.3 is 4.74 Å². The average Bonchev–Trinajstić information content (AvgIpc) is 2.32. The van der Waals surface area contributed by atoms with Crippen molar-refractivity contribution in [3.8, 4) is 0 Å². The van der Waals surface area contributed by atoms with E-state index in [1.54, 1.807) is 0 Å². The van der Waals surface area contributed by atoms with E-state index in [0.717, 1.165) is 23.7 Å². The molecule has 0 aromatic heterocycles. The van der Waals surface area contributed by atoms with Gasteiger partial charge in [0.15, 0.2) is 0 Å². The average molecular weight is 307 g/mol. The second-order valence-electron chi connectivity index (χ2n) is 11.2. The second kappa shape index (κ2) is 5.23. The fourth-order valence-corrected chi connectivity index (χ4v) is 5.70. The van der Waals surface area contributed by atoms with Gasteiger partial charge >= 0.3 is 0 Å². The van der Waals surface area contributed by atoms with Crippen LogP contribution >= 0.6 is 0 Å². The Kier molecular flexibility index (Phi) is 3.99. The minimum atomic E-state index is 0.149. The summed E-state index contributed by atoms with van der Waals surface area (Å²) in [5.41, 5.74) is 0.710. The molecule has 1 nitrogen and oxygen atoms in total. The summed E-state index contributed by atoms with van der Waals surface area (Å²) < 4.78 is 7.06. The fourth-order valence-electron chi connectivity index (χ4n) is 5.70. The molecule has 0 N–H and O–H groups in total. The van der Waals surface area contributed by atoms with Crippen LogP contribution in [0, 0.1) is 34.5 Å². The molecule has 4 rings (SSSR count). The minimum absolute atomic E-state index is 0.149. The molecule has 128 valence electrons. The molecule has 4 aliphatic carbocycles. The molecule has 0 radical (unpaired) electrons. The summed E-state index contributed by atoms with van der Waals surface area (Å²) in [5, 5.41) is 0. The van der Waals surface area contributed by atoms with Crippen LogP contribution in [0.3, 0.4) is 0 Å². The lowest BCUT2D eigenvalue weighted by atomic mass is 9.50. The molecule has 4 fully saturated rings. The summed E-state index contributed by atoms with van der Waals surface area (Å²) >= 11 is 0. The number of hydrogen-bond acceptors (Lipinski definition) is 1. The van der Waals surface area contributed by atoms with Gasteiger partial charge in [0, 0.05) is 0 Å². The van der Waals surface area contributed by atoms with E-state index in [2.05, 4.69) is 48.5 Å². The molecule has 4 aliphatic rings. The van der Waals surface area contributed by atoms with Crippen LogP contribution in [0.5, 0.6) is 0 Å². The van der Waals surface area contributed by atoms with Crippen molar-refractivity contribution < 1.29 is 4.74 Å². The maximum Gasteiger partial charge on any atom is 0.0714 e. The molecule has 1 heteroatoms. The molecule has 1 unspecified atom stereocenters. The van der Waals surface area contributed by atoms with Gasteiger partial charge in [-0.2, -0.15) is 0 Å².